The molecule has 2 saturated heterocycles. The Morgan fingerprint density at radius 1 is 0.683 bits per heavy atom. The molecule has 15 heteroatoms. The van der Waals surface area contributed by atoms with Gasteiger partial charge < -0.3 is 25.1 Å². The summed E-state index contributed by atoms with van der Waals surface area (Å²) in [5.74, 6) is 0.907. The summed E-state index contributed by atoms with van der Waals surface area (Å²) in [4.78, 5) is 65.1. The molecule has 0 bridgehead atoms. The molecular weight excluding hydrogens is 833 g/mol. The number of nitrogens with one attached hydrogen (secondary N) is 1. The summed E-state index contributed by atoms with van der Waals surface area (Å²) in [6.45, 7) is 12.2. The van der Waals surface area contributed by atoms with Crippen molar-refractivity contribution in [3.05, 3.63) is 141 Å². The molecule has 0 radical (unpaired) electrons. The maximum Gasteiger partial charge on any atom is 0.335 e. The van der Waals surface area contributed by atoms with Crippen molar-refractivity contribution in [3.63, 3.8) is 0 Å². The maximum atomic E-state index is 13.2. The number of anilines is 2. The molecule has 13 nitrogen and oxygen atoms in total. The van der Waals surface area contributed by atoms with Gasteiger partial charge in [0, 0.05) is 79.1 Å². The predicted molar refractivity (Wildman–Crippen MR) is 247 cm³/mol. The van der Waals surface area contributed by atoms with E-state index in [2.05, 4.69) is 44.1 Å². The number of amides is 1. The van der Waals surface area contributed by atoms with Crippen LogP contribution in [-0.4, -0.2) is 94.8 Å². The average Bonchev–Trinajstić information content (AvgIpc) is 4.02. The van der Waals surface area contributed by atoms with Crippen molar-refractivity contribution >= 4 is 57.8 Å². The highest BCUT2D eigenvalue weighted by Crippen LogP contribution is 2.31. The van der Waals surface area contributed by atoms with Crippen LogP contribution in [0.15, 0.2) is 109 Å². The molecule has 2 fully saturated rings. The summed E-state index contributed by atoms with van der Waals surface area (Å²) < 4.78 is 0. The molecule has 8 rings (SSSR count). The van der Waals surface area contributed by atoms with Crippen molar-refractivity contribution in [1.82, 2.24) is 20.2 Å². The number of carboxylic acid groups (broad SMARTS) is 1. The second kappa shape index (κ2) is 21.2. The topological polar surface area (TPSA) is 184 Å². The molecule has 1 amide bonds. The number of hydrogen-bond acceptors (Lipinski definition) is 13. The van der Waals surface area contributed by atoms with Crippen LogP contribution in [0.4, 0.5) is 11.6 Å². The lowest BCUT2D eigenvalue weighted by Crippen LogP contribution is -2.54. The van der Waals surface area contributed by atoms with Crippen LogP contribution in [0.3, 0.4) is 0 Å². The SMILES string of the molecule is CC(=O)c1ccc(-c2cccc(C(=O)N3CCN(c4ccc(C#N)cn4)CC3C)c2)s1.CC(=O)c1ccc(-c2cccc(C(=O)O)c2)s1.CC1CN(c2ccc(C#N)cn2)CCN1. The molecule has 4 aromatic heterocycles. The molecule has 2 atom stereocenters. The van der Waals surface area contributed by atoms with Gasteiger partial charge in [0.15, 0.2) is 11.6 Å². The normalized spacial score (nSPS) is 15.7. The Balaban J connectivity index is 0.000000174. The van der Waals surface area contributed by atoms with E-state index < -0.39 is 5.97 Å². The highest BCUT2D eigenvalue weighted by molar-refractivity contribution is 7.17. The molecule has 0 aliphatic carbocycles. The van der Waals surface area contributed by atoms with Crippen LogP contribution in [0.1, 0.15) is 78.9 Å². The zero-order valence-corrected chi connectivity index (χ0v) is 36.9. The van der Waals surface area contributed by atoms with Crippen LogP contribution in [0.25, 0.3) is 20.9 Å². The number of carbonyl (C=O) groups excluding carboxylic acids is 3. The number of ketones is 2. The van der Waals surface area contributed by atoms with E-state index in [0.717, 1.165) is 52.2 Å². The highest BCUT2D eigenvalue weighted by atomic mass is 32.1. The fourth-order valence-electron chi connectivity index (χ4n) is 7.03. The average molecular weight is 879 g/mol. The van der Waals surface area contributed by atoms with Crippen molar-refractivity contribution in [2.75, 3.05) is 49.1 Å². The van der Waals surface area contributed by atoms with Gasteiger partial charge in [-0.3, -0.25) is 14.4 Å². The molecule has 0 saturated carbocycles. The second-order valence-corrected chi connectivity index (χ2v) is 17.2. The third kappa shape index (κ3) is 11.9. The summed E-state index contributed by atoms with van der Waals surface area (Å²) in [7, 11) is 0. The number of benzene rings is 2. The maximum absolute atomic E-state index is 13.2. The number of aromatic nitrogens is 2. The Bertz CT molecular complexity index is 2660. The van der Waals surface area contributed by atoms with Gasteiger partial charge >= 0.3 is 5.97 Å². The van der Waals surface area contributed by atoms with Crippen LogP contribution < -0.4 is 15.1 Å². The lowest BCUT2D eigenvalue weighted by Gasteiger charge is -2.40. The number of nitriles is 2. The Hall–Kier alpha value is -7.04. The standard InChI is InChI=1S/C24H22N4O2S.C13H10O3S.C11H14N4/c1-16-15-27(23-9-6-18(13-25)14-26-23)10-11-28(16)24(30)20-5-3-4-19(12-20)22-8-7-21(31-22)17(2)29;1-8(14)11-5-6-12(17-11)9-3-2-4-10(7-9)13(15)16;1-9-8-15(5-4-13-9)11-3-2-10(6-12)7-14-11/h3-9,12,14,16H,10-11,15H2,1-2H3;2-7H,1H3,(H,15,16);2-3,7,9,13H,4-5,8H2,1H3. The predicted octanol–water partition coefficient (Wildman–Crippen LogP) is 8.30. The van der Waals surface area contributed by atoms with Gasteiger partial charge in [0.2, 0.25) is 0 Å². The van der Waals surface area contributed by atoms with Crippen molar-refractivity contribution in [1.29, 1.82) is 10.5 Å². The Morgan fingerprint density at radius 2 is 1.21 bits per heavy atom. The number of pyridine rings is 2. The van der Waals surface area contributed by atoms with Crippen LogP contribution in [0.2, 0.25) is 0 Å². The highest BCUT2D eigenvalue weighted by Gasteiger charge is 2.29. The van der Waals surface area contributed by atoms with E-state index >= 15 is 0 Å². The van der Waals surface area contributed by atoms with Gasteiger partial charge in [-0.25, -0.2) is 14.8 Å². The van der Waals surface area contributed by atoms with Gasteiger partial charge in [0.25, 0.3) is 5.91 Å². The first kappa shape index (κ1) is 45.5. The number of piperazine rings is 2. The van der Waals surface area contributed by atoms with E-state index in [1.165, 1.54) is 29.6 Å². The van der Waals surface area contributed by atoms with Gasteiger partial charge in [0.05, 0.1) is 26.4 Å². The number of carbonyl (C=O) groups is 4. The van der Waals surface area contributed by atoms with E-state index in [1.807, 2.05) is 78.6 Å². The van der Waals surface area contributed by atoms with E-state index in [9.17, 15) is 19.2 Å². The third-order valence-electron chi connectivity index (χ3n) is 10.4. The summed E-state index contributed by atoms with van der Waals surface area (Å²) in [6, 6.07) is 33.6. The fraction of sp³-hybridized carbons (Fsp3) is 0.250. The summed E-state index contributed by atoms with van der Waals surface area (Å²) >= 11 is 2.81. The Labute approximate surface area is 374 Å². The molecule has 6 heterocycles. The first-order valence-corrected chi connectivity index (χ1v) is 21.9. The lowest BCUT2D eigenvalue weighted by atomic mass is 10.1. The van der Waals surface area contributed by atoms with Crippen molar-refractivity contribution in [3.8, 4) is 33.0 Å². The number of Topliss-reactive ketones (excluding diaryl/α,β-unsaturated/α-hetero) is 2. The summed E-state index contributed by atoms with van der Waals surface area (Å²) in [5.41, 5.74) is 3.81. The van der Waals surface area contributed by atoms with Gasteiger partial charge in [-0.15, -0.1) is 22.7 Å². The van der Waals surface area contributed by atoms with Gasteiger partial charge in [-0.05, 0) is 112 Å². The summed E-state index contributed by atoms with van der Waals surface area (Å²) in [6.07, 6.45) is 3.20. The molecule has 2 aromatic carbocycles. The molecular formula is C48H46N8O5S2. The zero-order chi connectivity index (χ0) is 45.0. The number of rotatable bonds is 8. The molecule has 63 heavy (non-hydrogen) atoms. The number of hydrogen-bond donors (Lipinski definition) is 2. The quantitative estimate of drug-likeness (QED) is 0.140. The van der Waals surface area contributed by atoms with E-state index in [1.54, 1.807) is 49.6 Å². The van der Waals surface area contributed by atoms with Gasteiger partial charge in [-0.1, -0.05) is 24.3 Å². The molecule has 2 N–H and O–H groups in total. The number of thiophene rings is 2. The molecule has 6 aromatic rings. The Kier molecular flexibility index (Phi) is 15.3. The molecule has 2 aliphatic heterocycles. The minimum absolute atomic E-state index is 0.00475. The monoisotopic (exact) mass is 878 g/mol. The molecule has 0 spiro atoms. The van der Waals surface area contributed by atoms with Crippen molar-refractivity contribution in [2.45, 2.75) is 39.8 Å². The number of nitrogens with zero attached hydrogens (tertiary/aromatic N) is 7. The van der Waals surface area contributed by atoms with E-state index in [4.69, 9.17) is 15.6 Å². The molecule has 2 aliphatic rings. The largest absolute Gasteiger partial charge is 0.478 e. The van der Waals surface area contributed by atoms with Crippen molar-refractivity contribution < 1.29 is 24.3 Å². The number of aromatic carboxylic acids is 1. The molecule has 320 valence electrons. The van der Waals surface area contributed by atoms with Crippen LogP contribution in [0.5, 0.6) is 0 Å². The van der Waals surface area contributed by atoms with E-state index in [-0.39, 0.29) is 29.1 Å². The van der Waals surface area contributed by atoms with Crippen LogP contribution >= 0.6 is 22.7 Å². The fourth-order valence-corrected chi connectivity index (χ4v) is 8.82. The lowest BCUT2D eigenvalue weighted by molar-refractivity contribution is 0.0670. The van der Waals surface area contributed by atoms with Gasteiger partial charge in [-0.2, -0.15) is 10.5 Å². The zero-order valence-electron chi connectivity index (χ0n) is 35.3. The third-order valence-corrected chi connectivity index (χ3v) is 12.8. The Morgan fingerprint density at radius 3 is 1.65 bits per heavy atom. The van der Waals surface area contributed by atoms with Crippen molar-refractivity contribution in [2.24, 2.45) is 0 Å². The van der Waals surface area contributed by atoms with Crippen LogP contribution in [0, 0.1) is 22.7 Å². The smallest absolute Gasteiger partial charge is 0.335 e. The minimum Gasteiger partial charge on any atom is -0.478 e. The summed E-state index contributed by atoms with van der Waals surface area (Å²) in [5, 5.41) is 29.9. The van der Waals surface area contributed by atoms with Gasteiger partial charge in [0.1, 0.15) is 23.8 Å². The molecule has 2 unspecified atom stereocenters. The first-order valence-electron chi connectivity index (χ1n) is 20.3. The van der Waals surface area contributed by atoms with E-state index in [0.29, 0.717) is 52.1 Å². The van der Waals surface area contributed by atoms with Crippen LogP contribution in [-0.2, 0) is 0 Å². The minimum atomic E-state index is -0.949. The second-order valence-electron chi connectivity index (χ2n) is 15.0. The first-order chi connectivity index (χ1) is 30.3. The number of carboxylic acids is 1.